The molecule has 11 heteroatoms. The Kier molecular flexibility index (Phi) is 10.2. The van der Waals surface area contributed by atoms with Gasteiger partial charge in [-0.2, -0.15) is 11.8 Å². The molecule has 2 aliphatic rings. The van der Waals surface area contributed by atoms with Crippen LogP contribution in [0.2, 0.25) is 0 Å². The molecule has 2 heterocycles. The Morgan fingerprint density at radius 3 is 2.00 bits per heavy atom. The normalized spacial score (nSPS) is 17.0. The van der Waals surface area contributed by atoms with Crippen molar-refractivity contribution in [3.63, 3.8) is 0 Å². The molecule has 10 nitrogen and oxygen atoms in total. The predicted octanol–water partition coefficient (Wildman–Crippen LogP) is 2.06. The molecule has 0 saturated carbocycles. The molecule has 6 N–H and O–H groups in total. The fourth-order valence-electron chi connectivity index (χ4n) is 3.34. The van der Waals surface area contributed by atoms with Crippen molar-refractivity contribution >= 4 is 46.9 Å². The molecule has 0 bridgehead atoms. The standard InChI is InChI=1S/C18H26N4O2S.2C2H4O2/c1-17(2,25-3)14(19)15(23)22-10-8-18(9-11-22)16(24)20-12-6-4-5-7-13(12)21-18;2*1-2(3)4/h4-7,14,21H,8-11,19H2,1-3H3,(H,20,24);2*1H3,(H,3,4)/t14-;;/m1../s1. The van der Waals surface area contributed by atoms with Crippen molar-refractivity contribution in [1.82, 2.24) is 4.90 Å². The highest BCUT2D eigenvalue weighted by atomic mass is 32.2. The van der Waals surface area contributed by atoms with E-state index in [1.165, 1.54) is 0 Å². The van der Waals surface area contributed by atoms with Gasteiger partial charge in [0.15, 0.2) is 0 Å². The molecule has 0 unspecified atom stereocenters. The molecule has 3 rings (SSSR count). The number of aliphatic carboxylic acids is 2. The number of amides is 2. The summed E-state index contributed by atoms with van der Waals surface area (Å²) in [6.07, 6.45) is 3.11. The van der Waals surface area contributed by atoms with Crippen LogP contribution >= 0.6 is 11.8 Å². The van der Waals surface area contributed by atoms with Crippen LogP contribution in [0.3, 0.4) is 0 Å². The van der Waals surface area contributed by atoms with E-state index in [1.807, 2.05) is 44.4 Å². The van der Waals surface area contributed by atoms with E-state index in [4.69, 9.17) is 25.5 Å². The number of benzene rings is 1. The molecule has 2 amide bonds. The van der Waals surface area contributed by atoms with Crippen LogP contribution in [-0.2, 0) is 19.2 Å². The molecule has 1 aromatic rings. The number of carbonyl (C=O) groups is 4. The van der Waals surface area contributed by atoms with E-state index in [0.717, 1.165) is 25.2 Å². The number of nitrogens with zero attached hydrogens (tertiary/aromatic N) is 1. The molecule has 2 aliphatic heterocycles. The third kappa shape index (κ3) is 7.93. The van der Waals surface area contributed by atoms with Crippen LogP contribution in [0.1, 0.15) is 40.5 Å². The largest absolute Gasteiger partial charge is 0.481 e. The summed E-state index contributed by atoms with van der Waals surface area (Å²) in [5.74, 6) is -1.72. The van der Waals surface area contributed by atoms with Crippen molar-refractivity contribution in [3.8, 4) is 0 Å². The van der Waals surface area contributed by atoms with E-state index in [0.29, 0.717) is 25.9 Å². The molecule has 1 atom stereocenters. The van der Waals surface area contributed by atoms with Gasteiger partial charge in [0.05, 0.1) is 17.4 Å². The van der Waals surface area contributed by atoms with Crippen LogP contribution in [0, 0.1) is 0 Å². The number of nitrogens with one attached hydrogen (secondary N) is 2. The number of nitrogens with two attached hydrogens (primary N) is 1. The van der Waals surface area contributed by atoms with Crippen molar-refractivity contribution in [2.45, 2.75) is 56.9 Å². The van der Waals surface area contributed by atoms with E-state index in [1.54, 1.807) is 16.7 Å². The Morgan fingerprint density at radius 2 is 1.55 bits per heavy atom. The molecule has 0 aliphatic carbocycles. The SMILES string of the molecule is CC(=O)O.CC(=O)O.CSC(C)(C)[C@H](N)C(=O)N1CCC2(CC1)Nc1ccccc1NC2=O. The molecular formula is C22H34N4O6S. The summed E-state index contributed by atoms with van der Waals surface area (Å²) in [6, 6.07) is 7.14. The van der Waals surface area contributed by atoms with Gasteiger partial charge in [-0.1, -0.05) is 12.1 Å². The minimum atomic E-state index is -0.833. The quantitative estimate of drug-likeness (QED) is 0.434. The highest BCUT2D eigenvalue weighted by Crippen LogP contribution is 2.36. The smallest absolute Gasteiger partial charge is 0.300 e. The Hall–Kier alpha value is -2.79. The van der Waals surface area contributed by atoms with Crippen LogP contribution in [-0.4, -0.2) is 74.5 Å². The lowest BCUT2D eigenvalue weighted by atomic mass is 9.84. The predicted molar refractivity (Wildman–Crippen MR) is 129 cm³/mol. The first-order chi connectivity index (χ1) is 15.3. The number of thioether (sulfide) groups is 1. The van der Waals surface area contributed by atoms with Gasteiger partial charge in [-0.3, -0.25) is 19.2 Å². The summed E-state index contributed by atoms with van der Waals surface area (Å²) in [4.78, 5) is 45.2. The monoisotopic (exact) mass is 482 g/mol. The van der Waals surface area contributed by atoms with E-state index in [-0.39, 0.29) is 16.6 Å². The summed E-state index contributed by atoms with van der Waals surface area (Å²) >= 11 is 1.59. The number of fused-ring (bicyclic) bond motifs is 1. The van der Waals surface area contributed by atoms with Gasteiger partial charge < -0.3 is 31.5 Å². The van der Waals surface area contributed by atoms with Gasteiger partial charge in [-0.15, -0.1) is 0 Å². The summed E-state index contributed by atoms with van der Waals surface area (Å²) in [6.45, 7) is 7.19. The Labute approximate surface area is 198 Å². The molecule has 1 saturated heterocycles. The lowest BCUT2D eigenvalue weighted by molar-refractivity contribution is -0.136. The van der Waals surface area contributed by atoms with E-state index < -0.39 is 23.5 Å². The third-order valence-corrected chi connectivity index (χ3v) is 6.76. The van der Waals surface area contributed by atoms with Crippen molar-refractivity contribution in [2.24, 2.45) is 5.73 Å². The number of carboxylic acid groups (broad SMARTS) is 2. The number of rotatable bonds is 3. The summed E-state index contributed by atoms with van der Waals surface area (Å²) in [7, 11) is 0. The van der Waals surface area contributed by atoms with Gasteiger partial charge in [0, 0.05) is 31.7 Å². The second-order valence-electron chi connectivity index (χ2n) is 8.36. The maximum Gasteiger partial charge on any atom is 0.300 e. The highest BCUT2D eigenvalue weighted by molar-refractivity contribution is 8.00. The number of piperidine rings is 1. The average Bonchev–Trinajstić information content (AvgIpc) is 2.73. The van der Waals surface area contributed by atoms with Crippen LogP contribution in [0.4, 0.5) is 11.4 Å². The van der Waals surface area contributed by atoms with Gasteiger partial charge in [0.25, 0.3) is 11.9 Å². The molecule has 0 aromatic heterocycles. The number of likely N-dealkylation sites (tertiary alicyclic amines) is 1. The number of anilines is 2. The van der Waals surface area contributed by atoms with E-state index in [9.17, 15) is 9.59 Å². The van der Waals surface area contributed by atoms with Crippen LogP contribution in [0.5, 0.6) is 0 Å². The zero-order valence-corrected chi connectivity index (χ0v) is 20.5. The van der Waals surface area contributed by atoms with E-state index >= 15 is 0 Å². The zero-order chi connectivity index (χ0) is 25.4. The minimum Gasteiger partial charge on any atom is -0.481 e. The van der Waals surface area contributed by atoms with Crippen molar-refractivity contribution < 1.29 is 29.4 Å². The van der Waals surface area contributed by atoms with Gasteiger partial charge in [-0.25, -0.2) is 0 Å². The lowest BCUT2D eigenvalue weighted by Gasteiger charge is -2.45. The fraction of sp³-hybridized carbons (Fsp3) is 0.545. The van der Waals surface area contributed by atoms with Crippen molar-refractivity contribution in [1.29, 1.82) is 0 Å². The molecule has 1 spiro atoms. The molecule has 0 radical (unpaired) electrons. The molecule has 33 heavy (non-hydrogen) atoms. The highest BCUT2D eigenvalue weighted by Gasteiger charge is 2.46. The van der Waals surface area contributed by atoms with Crippen molar-refractivity contribution in [3.05, 3.63) is 24.3 Å². The Bertz CT molecular complexity index is 848. The summed E-state index contributed by atoms with van der Waals surface area (Å²) in [5.41, 5.74) is 7.28. The molecule has 1 fully saturated rings. The first-order valence-electron chi connectivity index (χ1n) is 10.4. The van der Waals surface area contributed by atoms with Crippen LogP contribution < -0.4 is 16.4 Å². The number of carbonyl (C=O) groups excluding carboxylic acids is 2. The molecule has 184 valence electrons. The second-order valence-corrected chi connectivity index (χ2v) is 9.82. The van der Waals surface area contributed by atoms with Gasteiger partial charge in [0.2, 0.25) is 11.8 Å². The lowest BCUT2D eigenvalue weighted by Crippen LogP contribution is -2.61. The van der Waals surface area contributed by atoms with Gasteiger partial charge in [0.1, 0.15) is 5.54 Å². The first-order valence-corrected chi connectivity index (χ1v) is 11.7. The minimum absolute atomic E-state index is 0.0213. The molecular weight excluding hydrogens is 448 g/mol. The zero-order valence-electron chi connectivity index (χ0n) is 19.7. The van der Waals surface area contributed by atoms with E-state index in [2.05, 4.69) is 10.6 Å². The maximum atomic E-state index is 12.7. The van der Waals surface area contributed by atoms with Crippen LogP contribution in [0.15, 0.2) is 24.3 Å². The number of hydrogen-bond donors (Lipinski definition) is 5. The average molecular weight is 483 g/mol. The number of hydrogen-bond acceptors (Lipinski definition) is 7. The summed E-state index contributed by atoms with van der Waals surface area (Å²) in [5, 5.41) is 21.2. The first kappa shape index (κ1) is 28.2. The number of para-hydroxylation sites is 2. The van der Waals surface area contributed by atoms with Gasteiger partial charge in [-0.05, 0) is 45.1 Å². The van der Waals surface area contributed by atoms with Crippen LogP contribution in [0.25, 0.3) is 0 Å². The summed E-state index contributed by atoms with van der Waals surface area (Å²) < 4.78 is -0.314. The fourth-order valence-corrected chi connectivity index (χ4v) is 3.69. The Morgan fingerprint density at radius 1 is 1.09 bits per heavy atom. The van der Waals surface area contributed by atoms with Crippen molar-refractivity contribution in [2.75, 3.05) is 30.0 Å². The topological polar surface area (TPSA) is 162 Å². The Balaban J connectivity index is 0.000000591. The number of carboxylic acids is 2. The van der Waals surface area contributed by atoms with Gasteiger partial charge >= 0.3 is 0 Å². The third-order valence-electron chi connectivity index (χ3n) is 5.45. The molecule has 1 aromatic carbocycles. The second kappa shape index (κ2) is 11.9. The maximum absolute atomic E-state index is 12.7.